The molecule has 2 rings (SSSR count). The van der Waals surface area contributed by atoms with E-state index in [-0.39, 0.29) is 23.2 Å². The van der Waals surface area contributed by atoms with Crippen molar-refractivity contribution < 1.29 is 14.3 Å². The van der Waals surface area contributed by atoms with E-state index in [2.05, 4.69) is 5.10 Å². The van der Waals surface area contributed by atoms with Crippen molar-refractivity contribution in [3.8, 4) is 5.69 Å². The van der Waals surface area contributed by atoms with Gasteiger partial charge in [-0.1, -0.05) is 29.8 Å². The first kappa shape index (κ1) is 19.0. The number of para-hydroxylation sites is 1. The summed E-state index contributed by atoms with van der Waals surface area (Å²) in [4.78, 5) is 25.9. The molecule has 0 aliphatic carbocycles. The van der Waals surface area contributed by atoms with Crippen LogP contribution in [-0.2, 0) is 9.53 Å². The molecule has 1 aromatic heterocycles. The molecule has 0 aliphatic rings. The molecule has 0 fully saturated rings. The topological polar surface area (TPSA) is 64.4 Å². The molecule has 0 aliphatic heterocycles. The van der Waals surface area contributed by atoms with Crippen molar-refractivity contribution in [2.45, 2.75) is 33.3 Å². The van der Waals surface area contributed by atoms with Crippen molar-refractivity contribution in [3.05, 3.63) is 46.7 Å². The Hall–Kier alpha value is -2.34. The molecule has 0 spiro atoms. The van der Waals surface area contributed by atoms with Gasteiger partial charge in [0.15, 0.2) is 0 Å². The zero-order valence-electron chi connectivity index (χ0n) is 15.0. The Balaban J connectivity index is 2.22. The van der Waals surface area contributed by atoms with E-state index in [4.69, 9.17) is 16.3 Å². The second-order valence-electron chi connectivity index (χ2n) is 6.75. The zero-order valence-corrected chi connectivity index (χ0v) is 15.8. The summed E-state index contributed by atoms with van der Waals surface area (Å²) in [6, 6.07) is 9.29. The van der Waals surface area contributed by atoms with Crippen LogP contribution in [0.15, 0.2) is 30.3 Å². The van der Waals surface area contributed by atoms with E-state index in [0.29, 0.717) is 5.69 Å². The van der Waals surface area contributed by atoms with Gasteiger partial charge in [0, 0.05) is 7.05 Å². The first-order chi connectivity index (χ1) is 11.6. The Bertz CT molecular complexity index is 779. The van der Waals surface area contributed by atoms with Crippen LogP contribution in [0.25, 0.3) is 5.69 Å². The first-order valence-electron chi connectivity index (χ1n) is 7.88. The lowest BCUT2D eigenvalue weighted by atomic mass is 10.2. The number of aromatic nitrogens is 2. The van der Waals surface area contributed by atoms with Gasteiger partial charge in [-0.2, -0.15) is 5.10 Å². The maximum Gasteiger partial charge on any atom is 0.326 e. The predicted molar refractivity (Wildman–Crippen MR) is 96.1 cm³/mol. The smallest absolute Gasteiger partial charge is 0.326 e. The van der Waals surface area contributed by atoms with Crippen molar-refractivity contribution in [3.63, 3.8) is 0 Å². The van der Waals surface area contributed by atoms with Crippen LogP contribution in [0.2, 0.25) is 5.15 Å². The van der Waals surface area contributed by atoms with Gasteiger partial charge in [0.05, 0.1) is 16.9 Å². The van der Waals surface area contributed by atoms with Crippen molar-refractivity contribution in [1.82, 2.24) is 14.7 Å². The number of rotatable bonds is 4. The van der Waals surface area contributed by atoms with Crippen molar-refractivity contribution in [2.75, 3.05) is 13.6 Å². The fourth-order valence-corrected chi connectivity index (χ4v) is 2.67. The van der Waals surface area contributed by atoms with E-state index in [1.807, 2.05) is 30.3 Å². The number of carbonyl (C=O) groups is 2. The van der Waals surface area contributed by atoms with Crippen LogP contribution in [-0.4, -0.2) is 45.8 Å². The number of nitrogens with zero attached hydrogens (tertiary/aromatic N) is 3. The van der Waals surface area contributed by atoms with Crippen molar-refractivity contribution in [1.29, 1.82) is 0 Å². The van der Waals surface area contributed by atoms with Crippen molar-refractivity contribution >= 4 is 23.5 Å². The number of aryl methyl sites for hydroxylation is 1. The van der Waals surface area contributed by atoms with Crippen LogP contribution in [0.1, 0.15) is 36.8 Å². The number of halogens is 1. The largest absolute Gasteiger partial charge is 0.459 e. The summed E-state index contributed by atoms with van der Waals surface area (Å²) in [7, 11) is 1.53. The molecule has 6 nitrogen and oxygen atoms in total. The molecule has 0 saturated carbocycles. The van der Waals surface area contributed by atoms with E-state index < -0.39 is 11.6 Å². The van der Waals surface area contributed by atoms with Crippen molar-refractivity contribution in [2.24, 2.45) is 0 Å². The van der Waals surface area contributed by atoms with Crippen LogP contribution in [0.5, 0.6) is 0 Å². The van der Waals surface area contributed by atoms with Gasteiger partial charge in [-0.25, -0.2) is 4.68 Å². The molecule has 134 valence electrons. The van der Waals surface area contributed by atoms with Gasteiger partial charge in [-0.3, -0.25) is 9.59 Å². The molecule has 0 unspecified atom stereocenters. The molecule has 1 heterocycles. The second-order valence-corrected chi connectivity index (χ2v) is 7.10. The first-order valence-corrected chi connectivity index (χ1v) is 8.26. The molecule has 0 N–H and O–H groups in total. The summed E-state index contributed by atoms with van der Waals surface area (Å²) in [5, 5.41) is 4.56. The fourth-order valence-electron chi connectivity index (χ4n) is 2.31. The number of amides is 1. The normalized spacial score (nSPS) is 11.3. The highest BCUT2D eigenvalue weighted by molar-refractivity contribution is 6.33. The lowest BCUT2D eigenvalue weighted by Crippen LogP contribution is -2.36. The van der Waals surface area contributed by atoms with E-state index in [1.165, 1.54) is 16.6 Å². The predicted octanol–water partition coefficient (Wildman–Crippen LogP) is 3.25. The highest BCUT2D eigenvalue weighted by Crippen LogP contribution is 2.24. The number of hydrogen-bond donors (Lipinski definition) is 0. The number of ether oxygens (including phenoxy) is 1. The Kier molecular flexibility index (Phi) is 5.52. The third kappa shape index (κ3) is 4.60. The van der Waals surface area contributed by atoms with Crippen LogP contribution >= 0.6 is 11.6 Å². The minimum atomic E-state index is -0.604. The molecule has 1 amide bonds. The van der Waals surface area contributed by atoms with Crippen LogP contribution in [0.4, 0.5) is 0 Å². The highest BCUT2D eigenvalue weighted by Gasteiger charge is 2.26. The Morgan fingerprint density at radius 1 is 1.24 bits per heavy atom. The molecule has 0 radical (unpaired) electrons. The highest BCUT2D eigenvalue weighted by atomic mass is 35.5. The third-order valence-corrected chi connectivity index (χ3v) is 3.70. The fraction of sp³-hybridized carbons (Fsp3) is 0.389. The van der Waals surface area contributed by atoms with Crippen LogP contribution < -0.4 is 0 Å². The minimum Gasteiger partial charge on any atom is -0.459 e. The molecule has 25 heavy (non-hydrogen) atoms. The minimum absolute atomic E-state index is 0.164. The van der Waals surface area contributed by atoms with E-state index in [9.17, 15) is 9.59 Å². The number of likely N-dealkylation sites (N-methyl/N-ethyl adjacent to an activating group) is 1. The Morgan fingerprint density at radius 3 is 2.40 bits per heavy atom. The van der Waals surface area contributed by atoms with Gasteiger partial charge in [0.25, 0.3) is 5.91 Å². The lowest BCUT2D eigenvalue weighted by Gasteiger charge is -2.22. The van der Waals surface area contributed by atoms with Gasteiger partial charge in [-0.15, -0.1) is 0 Å². The number of carbonyl (C=O) groups excluding carboxylic acids is 2. The summed E-state index contributed by atoms with van der Waals surface area (Å²) in [6.07, 6.45) is 0. The summed E-state index contributed by atoms with van der Waals surface area (Å²) in [5.74, 6) is -0.858. The van der Waals surface area contributed by atoms with Gasteiger partial charge < -0.3 is 9.64 Å². The standard InChI is InChI=1S/C18H22ClN3O3/c1-12-15(16(19)22(20-12)13-9-7-6-8-10-13)17(24)21(5)11-14(23)25-18(2,3)4/h6-10H,11H2,1-5H3. The maximum absolute atomic E-state index is 12.7. The summed E-state index contributed by atoms with van der Waals surface area (Å²) in [6.45, 7) is 6.87. The molecular weight excluding hydrogens is 342 g/mol. The second kappa shape index (κ2) is 7.27. The molecule has 0 atom stereocenters. The Morgan fingerprint density at radius 2 is 1.84 bits per heavy atom. The van der Waals surface area contributed by atoms with Gasteiger partial charge in [0.1, 0.15) is 17.3 Å². The molecule has 7 heteroatoms. The lowest BCUT2D eigenvalue weighted by molar-refractivity contribution is -0.155. The van der Waals surface area contributed by atoms with E-state index in [1.54, 1.807) is 27.7 Å². The van der Waals surface area contributed by atoms with E-state index >= 15 is 0 Å². The molecule has 2 aromatic rings. The average molecular weight is 364 g/mol. The third-order valence-electron chi connectivity index (χ3n) is 3.35. The summed E-state index contributed by atoms with van der Waals surface area (Å²) < 4.78 is 6.75. The summed E-state index contributed by atoms with van der Waals surface area (Å²) in [5.41, 5.74) is 0.920. The SMILES string of the molecule is Cc1nn(-c2ccccc2)c(Cl)c1C(=O)N(C)CC(=O)OC(C)(C)C. The van der Waals surface area contributed by atoms with Crippen LogP contribution in [0.3, 0.4) is 0 Å². The monoisotopic (exact) mass is 363 g/mol. The molecule has 0 saturated heterocycles. The molecule has 1 aromatic carbocycles. The van der Waals surface area contributed by atoms with Crippen LogP contribution in [0, 0.1) is 6.92 Å². The molecule has 0 bridgehead atoms. The number of hydrogen-bond acceptors (Lipinski definition) is 4. The number of esters is 1. The summed E-state index contributed by atoms with van der Waals surface area (Å²) >= 11 is 6.38. The zero-order chi connectivity index (χ0) is 18.8. The average Bonchev–Trinajstić information content (AvgIpc) is 2.80. The van der Waals surface area contributed by atoms with Gasteiger partial charge >= 0.3 is 5.97 Å². The number of benzene rings is 1. The Labute approximate surface area is 152 Å². The van der Waals surface area contributed by atoms with Gasteiger partial charge in [-0.05, 0) is 39.8 Å². The molecular formula is C18H22ClN3O3. The quantitative estimate of drug-likeness (QED) is 0.782. The van der Waals surface area contributed by atoms with Gasteiger partial charge in [0.2, 0.25) is 0 Å². The van der Waals surface area contributed by atoms with E-state index in [0.717, 1.165) is 5.69 Å². The maximum atomic E-state index is 12.7.